The first-order valence-electron chi connectivity index (χ1n) is 6.89. The fourth-order valence-electron chi connectivity index (χ4n) is 2.38. The van der Waals surface area contributed by atoms with Gasteiger partial charge in [0.1, 0.15) is 12.4 Å². The van der Waals surface area contributed by atoms with Crippen molar-refractivity contribution in [2.75, 3.05) is 7.11 Å². The number of benzene rings is 2. The maximum atomic E-state index is 12.1. The van der Waals surface area contributed by atoms with Crippen LogP contribution in [0.25, 0.3) is 0 Å². The van der Waals surface area contributed by atoms with Gasteiger partial charge in [0, 0.05) is 13.1 Å². The highest BCUT2D eigenvalue weighted by molar-refractivity contribution is 5.89. The summed E-state index contributed by atoms with van der Waals surface area (Å²) in [4.78, 5) is 12.1. The zero-order valence-electron chi connectivity index (χ0n) is 11.9. The first-order valence-corrected chi connectivity index (χ1v) is 6.89. The summed E-state index contributed by atoms with van der Waals surface area (Å²) in [6.45, 7) is 1.95. The Balaban J connectivity index is 1.63. The molecule has 4 heteroatoms. The second-order valence-corrected chi connectivity index (χ2v) is 5.01. The van der Waals surface area contributed by atoms with Crippen LogP contribution in [-0.4, -0.2) is 13.1 Å². The lowest BCUT2D eigenvalue weighted by Gasteiger charge is -2.07. The third-order valence-electron chi connectivity index (χ3n) is 3.60. The van der Waals surface area contributed by atoms with E-state index in [0.717, 1.165) is 24.4 Å². The van der Waals surface area contributed by atoms with E-state index < -0.39 is 0 Å². The lowest BCUT2D eigenvalue weighted by molar-refractivity contribution is 0.0472. The van der Waals surface area contributed by atoms with E-state index in [1.807, 2.05) is 42.5 Å². The van der Waals surface area contributed by atoms with E-state index >= 15 is 0 Å². The lowest BCUT2D eigenvalue weighted by atomic mass is 10.1. The summed E-state index contributed by atoms with van der Waals surface area (Å²) >= 11 is 0. The van der Waals surface area contributed by atoms with Crippen LogP contribution < -0.4 is 10.1 Å². The van der Waals surface area contributed by atoms with Gasteiger partial charge in [-0.3, -0.25) is 0 Å². The van der Waals surface area contributed by atoms with E-state index in [4.69, 9.17) is 9.47 Å². The van der Waals surface area contributed by atoms with Crippen LogP contribution in [0.4, 0.5) is 0 Å². The van der Waals surface area contributed by atoms with Gasteiger partial charge >= 0.3 is 5.97 Å². The normalized spacial score (nSPS) is 12.8. The number of fused-ring (bicyclic) bond motifs is 1. The average Bonchev–Trinajstić information content (AvgIpc) is 3.00. The minimum atomic E-state index is -0.291. The highest BCUT2D eigenvalue weighted by atomic mass is 16.5. The highest BCUT2D eigenvalue weighted by Gasteiger charge is 2.14. The number of carbonyl (C=O) groups is 1. The summed E-state index contributed by atoms with van der Waals surface area (Å²) in [5.74, 6) is 0.497. The fourth-order valence-corrected chi connectivity index (χ4v) is 2.38. The topological polar surface area (TPSA) is 47.6 Å². The molecule has 0 spiro atoms. The molecule has 1 aliphatic heterocycles. The molecule has 0 saturated carbocycles. The van der Waals surface area contributed by atoms with E-state index in [0.29, 0.717) is 5.56 Å². The summed E-state index contributed by atoms with van der Waals surface area (Å²) in [7, 11) is 1.62. The van der Waals surface area contributed by atoms with Gasteiger partial charge in [-0.2, -0.15) is 0 Å². The molecule has 0 radical (unpaired) electrons. The first-order chi connectivity index (χ1) is 10.3. The third-order valence-corrected chi connectivity index (χ3v) is 3.60. The highest BCUT2D eigenvalue weighted by Crippen LogP contribution is 2.18. The number of methoxy groups -OCH3 is 1. The first kappa shape index (κ1) is 13.6. The quantitative estimate of drug-likeness (QED) is 0.876. The van der Waals surface area contributed by atoms with Crippen LogP contribution in [0.15, 0.2) is 42.5 Å². The Kier molecular flexibility index (Phi) is 3.88. The third kappa shape index (κ3) is 3.06. The van der Waals surface area contributed by atoms with Crippen molar-refractivity contribution in [3.8, 4) is 5.75 Å². The molecule has 0 fully saturated rings. The van der Waals surface area contributed by atoms with E-state index in [1.165, 1.54) is 11.1 Å². The molecule has 0 amide bonds. The lowest BCUT2D eigenvalue weighted by Crippen LogP contribution is -2.06. The summed E-state index contributed by atoms with van der Waals surface area (Å²) in [5.41, 5.74) is 3.97. The van der Waals surface area contributed by atoms with E-state index in [-0.39, 0.29) is 12.6 Å². The largest absolute Gasteiger partial charge is 0.497 e. The predicted octanol–water partition coefficient (Wildman–Crippen LogP) is 2.66. The molecule has 2 aromatic carbocycles. The Morgan fingerprint density at radius 1 is 1.10 bits per heavy atom. The van der Waals surface area contributed by atoms with Crippen molar-refractivity contribution in [1.29, 1.82) is 0 Å². The molecule has 1 aliphatic rings. The maximum absolute atomic E-state index is 12.1. The van der Waals surface area contributed by atoms with Gasteiger partial charge in [0.25, 0.3) is 0 Å². The van der Waals surface area contributed by atoms with Gasteiger partial charge in [-0.1, -0.05) is 18.2 Å². The molecule has 0 aliphatic carbocycles. The van der Waals surface area contributed by atoms with Gasteiger partial charge in [0.2, 0.25) is 0 Å². The predicted molar refractivity (Wildman–Crippen MR) is 79.1 cm³/mol. The Hall–Kier alpha value is -2.33. The van der Waals surface area contributed by atoms with Gasteiger partial charge in [0.15, 0.2) is 0 Å². The molecule has 0 saturated heterocycles. The summed E-state index contributed by atoms with van der Waals surface area (Å²) in [5, 5.41) is 3.26. The number of hydrogen-bond donors (Lipinski definition) is 1. The van der Waals surface area contributed by atoms with Crippen molar-refractivity contribution < 1.29 is 14.3 Å². The summed E-state index contributed by atoms with van der Waals surface area (Å²) in [6.07, 6.45) is 0. The van der Waals surface area contributed by atoms with Crippen LogP contribution in [0.3, 0.4) is 0 Å². The molecule has 1 heterocycles. The monoisotopic (exact) mass is 283 g/mol. The van der Waals surface area contributed by atoms with Crippen molar-refractivity contribution in [2.45, 2.75) is 19.7 Å². The van der Waals surface area contributed by atoms with E-state index in [2.05, 4.69) is 5.32 Å². The van der Waals surface area contributed by atoms with Gasteiger partial charge in [-0.15, -0.1) is 0 Å². The smallest absolute Gasteiger partial charge is 0.338 e. The summed E-state index contributed by atoms with van der Waals surface area (Å²) < 4.78 is 10.4. The molecule has 21 heavy (non-hydrogen) atoms. The zero-order chi connectivity index (χ0) is 14.7. The van der Waals surface area contributed by atoms with E-state index in [9.17, 15) is 4.79 Å². The molecule has 3 rings (SSSR count). The number of esters is 1. The fraction of sp³-hybridized carbons (Fsp3) is 0.235. The van der Waals surface area contributed by atoms with Crippen molar-refractivity contribution in [3.63, 3.8) is 0 Å². The summed E-state index contributed by atoms with van der Waals surface area (Å²) in [6, 6.07) is 13.2. The average molecular weight is 283 g/mol. The van der Waals surface area contributed by atoms with Gasteiger partial charge in [-0.25, -0.2) is 4.79 Å². The second kappa shape index (κ2) is 5.97. The van der Waals surface area contributed by atoms with Crippen molar-refractivity contribution in [3.05, 3.63) is 64.7 Å². The van der Waals surface area contributed by atoms with E-state index in [1.54, 1.807) is 7.11 Å². The van der Waals surface area contributed by atoms with Gasteiger partial charge < -0.3 is 14.8 Å². The minimum absolute atomic E-state index is 0.262. The SMILES string of the molecule is COc1ccc(COC(=O)c2ccc3c(c2)CNC3)cc1. The van der Waals surface area contributed by atoms with Crippen molar-refractivity contribution in [1.82, 2.24) is 5.32 Å². The molecule has 0 bridgehead atoms. The number of carbonyl (C=O) groups excluding carboxylic acids is 1. The standard InChI is InChI=1S/C17H17NO3/c1-20-16-6-2-12(3-7-16)11-21-17(19)13-4-5-14-9-18-10-15(14)8-13/h2-8,18H,9-11H2,1H3. The Morgan fingerprint density at radius 2 is 1.86 bits per heavy atom. The van der Waals surface area contributed by atoms with Gasteiger partial charge in [-0.05, 0) is 41.0 Å². The number of hydrogen-bond acceptors (Lipinski definition) is 4. The molecule has 0 aromatic heterocycles. The molecule has 0 unspecified atom stereocenters. The molecule has 0 atom stereocenters. The van der Waals surface area contributed by atoms with Gasteiger partial charge in [0.05, 0.1) is 12.7 Å². The minimum Gasteiger partial charge on any atom is -0.497 e. The Labute approximate surface area is 123 Å². The number of ether oxygens (including phenoxy) is 2. The van der Waals surface area contributed by atoms with Crippen molar-refractivity contribution in [2.24, 2.45) is 0 Å². The second-order valence-electron chi connectivity index (χ2n) is 5.01. The Bertz CT molecular complexity index is 650. The van der Waals surface area contributed by atoms with Crippen LogP contribution in [0, 0.1) is 0 Å². The maximum Gasteiger partial charge on any atom is 0.338 e. The molecular formula is C17H17NO3. The molecule has 2 aromatic rings. The molecular weight excluding hydrogens is 266 g/mol. The van der Waals surface area contributed by atoms with Crippen molar-refractivity contribution >= 4 is 5.97 Å². The van der Waals surface area contributed by atoms with Crippen LogP contribution in [-0.2, 0) is 24.4 Å². The van der Waals surface area contributed by atoms with Crippen LogP contribution >= 0.6 is 0 Å². The number of nitrogens with one attached hydrogen (secondary N) is 1. The Morgan fingerprint density at radius 3 is 2.62 bits per heavy atom. The molecule has 108 valence electrons. The number of rotatable bonds is 4. The van der Waals surface area contributed by atoms with Crippen LogP contribution in [0.2, 0.25) is 0 Å². The zero-order valence-corrected chi connectivity index (χ0v) is 11.9. The van der Waals surface area contributed by atoms with Crippen LogP contribution in [0.5, 0.6) is 5.75 Å². The molecule has 1 N–H and O–H groups in total. The molecule has 4 nitrogen and oxygen atoms in total. The van der Waals surface area contributed by atoms with Crippen LogP contribution in [0.1, 0.15) is 27.0 Å².